The summed E-state index contributed by atoms with van der Waals surface area (Å²) in [5.74, 6) is 0.839. The Kier molecular flexibility index (Phi) is 9.84. The number of hydrogen-bond acceptors (Lipinski definition) is 4. The summed E-state index contributed by atoms with van der Waals surface area (Å²) in [6, 6.07) is 79.5. The van der Waals surface area contributed by atoms with Gasteiger partial charge in [-0.2, -0.15) is 10.5 Å². The van der Waals surface area contributed by atoms with E-state index in [-0.39, 0.29) is 0 Å². The second-order valence-corrected chi connectivity index (χ2v) is 19.1. The maximum atomic E-state index is 9.70. The Bertz CT molecular complexity index is 3690. The minimum atomic E-state index is -0.581. The van der Waals surface area contributed by atoms with Crippen molar-refractivity contribution < 1.29 is 0 Å². The summed E-state index contributed by atoms with van der Waals surface area (Å²) in [7, 11) is 0. The van der Waals surface area contributed by atoms with E-state index in [1.54, 1.807) is 0 Å². The number of fused-ring (bicyclic) bond motifs is 13. The van der Waals surface area contributed by atoms with Crippen LogP contribution in [0.15, 0.2) is 206 Å². The van der Waals surface area contributed by atoms with Crippen molar-refractivity contribution in [2.45, 2.75) is 44.9 Å². The highest BCUT2D eigenvalue weighted by molar-refractivity contribution is 6.07. The van der Waals surface area contributed by atoms with Crippen LogP contribution in [-0.2, 0) is 5.41 Å². The molecular weight excluding hydrogens is 837 g/mol. The molecule has 10 aromatic rings. The van der Waals surface area contributed by atoms with Gasteiger partial charge >= 0.3 is 0 Å². The van der Waals surface area contributed by atoms with Crippen molar-refractivity contribution in [2.75, 3.05) is 9.80 Å². The van der Waals surface area contributed by atoms with E-state index < -0.39 is 5.41 Å². The lowest BCUT2D eigenvalue weighted by atomic mass is 9.69. The average molecular weight is 885 g/mol. The Balaban J connectivity index is 1.07. The van der Waals surface area contributed by atoms with Crippen molar-refractivity contribution >= 4 is 55.7 Å². The van der Waals surface area contributed by atoms with E-state index in [4.69, 9.17) is 0 Å². The number of benzene rings is 10. The zero-order valence-corrected chi connectivity index (χ0v) is 39.1. The standard InChI is InChI=1S/C65H48N4/c1-41(2)45-17-27-52(28-18-45)68(50-23-13-43(39-66)14-24-50)54-31-21-47-37-60-59-33-22-48-35-55(69(51-25-15-44(40-67)16-26-51)53-29-19-46(20-30-53)42(3)4)32-34-56(48)64(59)65(63(60)38-49(47)36-54)61-11-7-5-9-57(61)58-10-6-8-12-62(58)65/h5-38,41-42H,1-4H3. The molecule has 0 fully saturated rings. The highest BCUT2D eigenvalue weighted by Crippen LogP contribution is 2.64. The van der Waals surface area contributed by atoms with Crippen molar-refractivity contribution in [3.05, 3.63) is 251 Å². The fraction of sp³-hybridized carbons (Fsp3) is 0.108. The second kappa shape index (κ2) is 16.3. The summed E-state index contributed by atoms with van der Waals surface area (Å²) < 4.78 is 0. The molecule has 0 amide bonds. The molecule has 0 unspecified atom stereocenters. The molecule has 2 aliphatic carbocycles. The smallest absolute Gasteiger partial charge is 0.0991 e. The molecule has 2 aliphatic rings. The lowest BCUT2D eigenvalue weighted by molar-refractivity contribution is 0.802. The highest BCUT2D eigenvalue weighted by Gasteiger charge is 2.52. The van der Waals surface area contributed by atoms with Crippen LogP contribution in [0.2, 0.25) is 0 Å². The molecule has 0 heterocycles. The van der Waals surface area contributed by atoms with Gasteiger partial charge in [-0.25, -0.2) is 0 Å². The first-order chi connectivity index (χ1) is 33.7. The summed E-state index contributed by atoms with van der Waals surface area (Å²) in [5.41, 5.74) is 19.7. The zero-order chi connectivity index (χ0) is 47.0. The molecule has 69 heavy (non-hydrogen) atoms. The Morgan fingerprint density at radius 2 is 0.797 bits per heavy atom. The first-order valence-electron chi connectivity index (χ1n) is 23.9. The molecule has 10 aromatic carbocycles. The molecule has 0 radical (unpaired) electrons. The van der Waals surface area contributed by atoms with Crippen molar-refractivity contribution in [2.24, 2.45) is 0 Å². The van der Waals surface area contributed by atoms with Gasteiger partial charge in [-0.1, -0.05) is 125 Å². The molecule has 0 aliphatic heterocycles. The molecule has 0 bridgehead atoms. The normalized spacial score (nSPS) is 12.7. The number of anilines is 6. The van der Waals surface area contributed by atoms with Gasteiger partial charge in [0.15, 0.2) is 0 Å². The number of nitriles is 2. The summed E-state index contributed by atoms with van der Waals surface area (Å²) in [6.45, 7) is 8.90. The minimum Gasteiger partial charge on any atom is -0.310 e. The van der Waals surface area contributed by atoms with Gasteiger partial charge in [0.05, 0.1) is 28.7 Å². The van der Waals surface area contributed by atoms with Crippen LogP contribution < -0.4 is 9.80 Å². The quantitative estimate of drug-likeness (QED) is 0.153. The predicted octanol–water partition coefficient (Wildman–Crippen LogP) is 17.3. The van der Waals surface area contributed by atoms with Gasteiger partial charge in [0.1, 0.15) is 0 Å². The van der Waals surface area contributed by atoms with Gasteiger partial charge in [-0.05, 0) is 198 Å². The van der Waals surface area contributed by atoms with Crippen LogP contribution in [0.1, 0.15) is 84.0 Å². The molecule has 0 N–H and O–H groups in total. The van der Waals surface area contributed by atoms with Crippen molar-refractivity contribution in [1.29, 1.82) is 10.5 Å². The minimum absolute atomic E-state index is 0.419. The Morgan fingerprint density at radius 1 is 0.362 bits per heavy atom. The van der Waals surface area contributed by atoms with Gasteiger partial charge in [-0.3, -0.25) is 0 Å². The van der Waals surface area contributed by atoms with Crippen LogP contribution >= 0.6 is 0 Å². The van der Waals surface area contributed by atoms with Gasteiger partial charge in [0.25, 0.3) is 0 Å². The van der Waals surface area contributed by atoms with E-state index in [0.717, 1.165) is 44.9 Å². The highest BCUT2D eigenvalue weighted by atomic mass is 15.1. The number of rotatable bonds is 8. The van der Waals surface area contributed by atoms with Crippen molar-refractivity contribution in [1.82, 2.24) is 0 Å². The molecule has 0 saturated heterocycles. The molecule has 0 aromatic heterocycles. The van der Waals surface area contributed by atoms with Crippen molar-refractivity contribution in [3.63, 3.8) is 0 Å². The fourth-order valence-electron chi connectivity index (χ4n) is 11.3. The maximum absolute atomic E-state index is 9.70. The number of hydrogen-bond donors (Lipinski definition) is 0. The van der Waals surface area contributed by atoms with Gasteiger partial charge in [0, 0.05) is 34.1 Å². The van der Waals surface area contributed by atoms with Gasteiger partial charge in [-0.15, -0.1) is 0 Å². The third kappa shape index (κ3) is 6.56. The van der Waals surface area contributed by atoms with E-state index in [1.807, 2.05) is 48.5 Å². The molecule has 1 spiro atoms. The molecular formula is C65H48N4. The van der Waals surface area contributed by atoms with Crippen LogP contribution in [0.25, 0.3) is 43.8 Å². The van der Waals surface area contributed by atoms with E-state index in [2.05, 4.69) is 207 Å². The molecule has 0 atom stereocenters. The molecule has 4 nitrogen and oxygen atoms in total. The van der Waals surface area contributed by atoms with Crippen LogP contribution in [-0.4, -0.2) is 0 Å². The molecule has 0 saturated carbocycles. The summed E-state index contributed by atoms with van der Waals surface area (Å²) >= 11 is 0. The predicted molar refractivity (Wildman–Crippen MR) is 285 cm³/mol. The summed E-state index contributed by atoms with van der Waals surface area (Å²) in [6.07, 6.45) is 0. The largest absolute Gasteiger partial charge is 0.310 e. The first-order valence-corrected chi connectivity index (χ1v) is 23.9. The van der Waals surface area contributed by atoms with E-state index >= 15 is 0 Å². The van der Waals surface area contributed by atoms with Crippen LogP contribution in [0, 0.1) is 22.7 Å². The Labute approximate surface area is 404 Å². The third-order valence-corrected chi connectivity index (χ3v) is 14.6. The SMILES string of the molecule is CC(C)c1ccc(N(c2ccc(C#N)cc2)c2ccc3cc4c(cc3c2)C2(c3ccccc3-c3ccccc32)c2c-4ccc3cc(N(c4ccc(C#N)cc4)c4ccc(C(C)C)cc4)ccc23)cc1. The van der Waals surface area contributed by atoms with E-state index in [0.29, 0.717) is 23.0 Å². The Hall–Kier alpha value is -8.70. The number of nitrogens with zero attached hydrogens (tertiary/aromatic N) is 4. The average Bonchev–Trinajstić information content (AvgIpc) is 3.85. The monoisotopic (exact) mass is 884 g/mol. The Morgan fingerprint density at radius 3 is 1.29 bits per heavy atom. The first kappa shape index (κ1) is 41.7. The summed E-state index contributed by atoms with van der Waals surface area (Å²) in [5, 5.41) is 24.1. The van der Waals surface area contributed by atoms with Gasteiger partial charge in [0.2, 0.25) is 0 Å². The van der Waals surface area contributed by atoms with Gasteiger partial charge < -0.3 is 9.80 Å². The van der Waals surface area contributed by atoms with Crippen LogP contribution in [0.4, 0.5) is 34.1 Å². The van der Waals surface area contributed by atoms with Crippen molar-refractivity contribution in [3.8, 4) is 34.4 Å². The molecule has 328 valence electrons. The zero-order valence-electron chi connectivity index (χ0n) is 39.1. The lowest BCUT2D eigenvalue weighted by Gasteiger charge is -2.32. The molecule has 12 rings (SSSR count). The van der Waals surface area contributed by atoms with Crippen LogP contribution in [0.3, 0.4) is 0 Å². The van der Waals surface area contributed by atoms with E-state index in [9.17, 15) is 10.5 Å². The lowest BCUT2D eigenvalue weighted by Crippen LogP contribution is -2.26. The topological polar surface area (TPSA) is 54.1 Å². The molecule has 4 heteroatoms. The van der Waals surface area contributed by atoms with Crippen LogP contribution in [0.5, 0.6) is 0 Å². The third-order valence-electron chi connectivity index (χ3n) is 14.6. The summed E-state index contributed by atoms with van der Waals surface area (Å²) in [4.78, 5) is 4.60. The second-order valence-electron chi connectivity index (χ2n) is 19.1. The maximum Gasteiger partial charge on any atom is 0.0991 e. The fourth-order valence-corrected chi connectivity index (χ4v) is 11.3. The van der Waals surface area contributed by atoms with E-state index in [1.165, 1.54) is 66.4 Å².